The number of carboxylic acids is 1. The molecule has 1 unspecified atom stereocenters. The molecule has 2 rings (SSSR count). The SMILES string of the molecule is Cc1ccc(O)cc1C(=O)N1CCOCC1CC(=O)O. The molecular formula is C14H17NO5. The lowest BCUT2D eigenvalue weighted by atomic mass is 10.0. The monoisotopic (exact) mass is 279 g/mol. The van der Waals surface area contributed by atoms with Gasteiger partial charge in [0.1, 0.15) is 5.75 Å². The van der Waals surface area contributed by atoms with Crippen LogP contribution in [0.25, 0.3) is 0 Å². The van der Waals surface area contributed by atoms with Crippen LogP contribution >= 0.6 is 0 Å². The molecule has 0 bridgehead atoms. The van der Waals surface area contributed by atoms with E-state index in [1.54, 1.807) is 13.0 Å². The van der Waals surface area contributed by atoms with Crippen LogP contribution in [0.1, 0.15) is 22.3 Å². The van der Waals surface area contributed by atoms with Gasteiger partial charge in [0, 0.05) is 12.1 Å². The lowest BCUT2D eigenvalue weighted by molar-refractivity contribution is -0.139. The minimum absolute atomic E-state index is 0.0157. The van der Waals surface area contributed by atoms with Crippen molar-refractivity contribution >= 4 is 11.9 Å². The Kier molecular flexibility index (Phi) is 4.24. The first-order valence-electron chi connectivity index (χ1n) is 6.39. The van der Waals surface area contributed by atoms with E-state index in [0.717, 1.165) is 5.56 Å². The zero-order chi connectivity index (χ0) is 14.7. The molecular weight excluding hydrogens is 262 g/mol. The van der Waals surface area contributed by atoms with Gasteiger partial charge in [0.25, 0.3) is 5.91 Å². The number of benzene rings is 1. The van der Waals surface area contributed by atoms with E-state index in [1.165, 1.54) is 17.0 Å². The van der Waals surface area contributed by atoms with Gasteiger partial charge in [-0.2, -0.15) is 0 Å². The number of aryl methyl sites for hydroxylation is 1. The largest absolute Gasteiger partial charge is 0.508 e. The average molecular weight is 279 g/mol. The molecule has 0 aliphatic carbocycles. The first-order valence-corrected chi connectivity index (χ1v) is 6.39. The topological polar surface area (TPSA) is 87.1 Å². The molecule has 1 amide bonds. The lowest BCUT2D eigenvalue weighted by Crippen LogP contribution is -2.49. The Morgan fingerprint density at radius 3 is 2.90 bits per heavy atom. The van der Waals surface area contributed by atoms with E-state index in [-0.39, 0.29) is 24.7 Å². The van der Waals surface area contributed by atoms with Gasteiger partial charge in [0.15, 0.2) is 0 Å². The summed E-state index contributed by atoms with van der Waals surface area (Å²) in [6, 6.07) is 4.11. The molecule has 108 valence electrons. The van der Waals surface area contributed by atoms with Gasteiger partial charge in [-0.1, -0.05) is 6.07 Å². The summed E-state index contributed by atoms with van der Waals surface area (Å²) in [7, 11) is 0. The number of nitrogens with zero attached hydrogens (tertiary/aromatic N) is 1. The minimum Gasteiger partial charge on any atom is -0.508 e. The number of morpholine rings is 1. The van der Waals surface area contributed by atoms with E-state index in [1.807, 2.05) is 0 Å². The van der Waals surface area contributed by atoms with Crippen LogP contribution < -0.4 is 0 Å². The molecule has 0 radical (unpaired) electrons. The van der Waals surface area contributed by atoms with Crippen LogP contribution in [0.15, 0.2) is 18.2 Å². The Hall–Kier alpha value is -2.08. The number of phenols is 1. The Morgan fingerprint density at radius 2 is 2.20 bits per heavy atom. The van der Waals surface area contributed by atoms with E-state index in [0.29, 0.717) is 18.7 Å². The van der Waals surface area contributed by atoms with Gasteiger partial charge < -0.3 is 19.8 Å². The number of phenolic OH excluding ortho intramolecular Hbond substituents is 1. The first kappa shape index (κ1) is 14.3. The van der Waals surface area contributed by atoms with Crippen LogP contribution in [0.2, 0.25) is 0 Å². The Balaban J connectivity index is 2.25. The van der Waals surface area contributed by atoms with E-state index >= 15 is 0 Å². The molecule has 6 heteroatoms. The fraction of sp³-hybridized carbons (Fsp3) is 0.429. The highest BCUT2D eigenvalue weighted by atomic mass is 16.5. The van der Waals surface area contributed by atoms with Crippen molar-refractivity contribution < 1.29 is 24.5 Å². The molecule has 1 aliphatic heterocycles. The molecule has 1 saturated heterocycles. The molecule has 1 fully saturated rings. The maximum absolute atomic E-state index is 12.5. The Labute approximate surface area is 116 Å². The van der Waals surface area contributed by atoms with Gasteiger partial charge in [-0.15, -0.1) is 0 Å². The second-order valence-corrected chi connectivity index (χ2v) is 4.82. The smallest absolute Gasteiger partial charge is 0.305 e. The van der Waals surface area contributed by atoms with Crippen molar-refractivity contribution in [2.75, 3.05) is 19.8 Å². The molecule has 1 atom stereocenters. The van der Waals surface area contributed by atoms with Gasteiger partial charge >= 0.3 is 5.97 Å². The highest BCUT2D eigenvalue weighted by molar-refractivity contribution is 5.96. The Bertz CT molecular complexity index is 528. The summed E-state index contributed by atoms with van der Waals surface area (Å²) < 4.78 is 5.25. The highest BCUT2D eigenvalue weighted by Crippen LogP contribution is 2.21. The third kappa shape index (κ3) is 3.08. The first-order chi connectivity index (χ1) is 9.49. The standard InChI is InChI=1S/C14H17NO5/c1-9-2-3-11(16)7-12(9)14(19)15-4-5-20-8-10(15)6-13(17)18/h2-3,7,10,16H,4-6,8H2,1H3,(H,17,18). The molecule has 0 saturated carbocycles. The third-order valence-electron chi connectivity index (χ3n) is 3.35. The zero-order valence-corrected chi connectivity index (χ0v) is 11.2. The van der Waals surface area contributed by atoms with Gasteiger partial charge in [-0.25, -0.2) is 0 Å². The number of carbonyl (C=O) groups excluding carboxylic acids is 1. The van der Waals surface area contributed by atoms with Gasteiger partial charge in [0.05, 0.1) is 25.7 Å². The molecule has 2 N–H and O–H groups in total. The van der Waals surface area contributed by atoms with Crippen molar-refractivity contribution in [1.82, 2.24) is 4.90 Å². The summed E-state index contributed by atoms with van der Waals surface area (Å²) in [5.74, 6) is -1.22. The molecule has 1 aliphatic rings. The second-order valence-electron chi connectivity index (χ2n) is 4.82. The van der Waals surface area contributed by atoms with Crippen LogP contribution in [0.5, 0.6) is 5.75 Å². The van der Waals surface area contributed by atoms with E-state index < -0.39 is 12.0 Å². The summed E-state index contributed by atoms with van der Waals surface area (Å²) in [4.78, 5) is 24.9. The number of aromatic hydroxyl groups is 1. The summed E-state index contributed by atoms with van der Waals surface area (Å²) in [6.07, 6.45) is -0.149. The lowest BCUT2D eigenvalue weighted by Gasteiger charge is -2.35. The average Bonchev–Trinajstić information content (AvgIpc) is 2.41. The number of ether oxygens (including phenoxy) is 1. The van der Waals surface area contributed by atoms with Crippen LogP contribution in [0.4, 0.5) is 0 Å². The highest BCUT2D eigenvalue weighted by Gasteiger charge is 2.30. The van der Waals surface area contributed by atoms with E-state index in [4.69, 9.17) is 9.84 Å². The summed E-state index contributed by atoms with van der Waals surface area (Å²) >= 11 is 0. The van der Waals surface area contributed by atoms with Crippen molar-refractivity contribution in [3.63, 3.8) is 0 Å². The van der Waals surface area contributed by atoms with Gasteiger partial charge in [-0.05, 0) is 24.6 Å². The van der Waals surface area contributed by atoms with Crippen LogP contribution in [0.3, 0.4) is 0 Å². The maximum atomic E-state index is 12.5. The molecule has 20 heavy (non-hydrogen) atoms. The van der Waals surface area contributed by atoms with Crippen molar-refractivity contribution in [3.8, 4) is 5.75 Å². The molecule has 1 aromatic carbocycles. The zero-order valence-electron chi connectivity index (χ0n) is 11.2. The molecule has 1 heterocycles. The fourth-order valence-electron chi connectivity index (χ4n) is 2.29. The summed E-state index contributed by atoms with van der Waals surface area (Å²) in [6.45, 7) is 2.74. The quantitative estimate of drug-likeness (QED) is 0.862. The van der Waals surface area contributed by atoms with Crippen molar-refractivity contribution in [3.05, 3.63) is 29.3 Å². The van der Waals surface area contributed by atoms with Crippen molar-refractivity contribution in [1.29, 1.82) is 0 Å². The number of aliphatic carboxylic acids is 1. The van der Waals surface area contributed by atoms with E-state index in [9.17, 15) is 14.7 Å². The predicted molar refractivity (Wildman–Crippen MR) is 70.7 cm³/mol. The second kappa shape index (κ2) is 5.92. The van der Waals surface area contributed by atoms with Crippen molar-refractivity contribution in [2.24, 2.45) is 0 Å². The third-order valence-corrected chi connectivity index (χ3v) is 3.35. The minimum atomic E-state index is -0.967. The van der Waals surface area contributed by atoms with Crippen LogP contribution in [0, 0.1) is 6.92 Å². The maximum Gasteiger partial charge on any atom is 0.305 e. The number of rotatable bonds is 3. The molecule has 6 nitrogen and oxygen atoms in total. The normalized spacial score (nSPS) is 18.9. The molecule has 1 aromatic rings. The van der Waals surface area contributed by atoms with Gasteiger partial charge in [-0.3, -0.25) is 9.59 Å². The Morgan fingerprint density at radius 1 is 1.45 bits per heavy atom. The number of hydrogen-bond acceptors (Lipinski definition) is 4. The number of hydrogen-bond donors (Lipinski definition) is 2. The van der Waals surface area contributed by atoms with E-state index in [2.05, 4.69) is 0 Å². The number of carboxylic acid groups (broad SMARTS) is 1. The molecule has 0 aromatic heterocycles. The number of carbonyl (C=O) groups is 2. The summed E-state index contributed by atoms with van der Waals surface area (Å²) in [5, 5.41) is 18.4. The molecule has 0 spiro atoms. The summed E-state index contributed by atoms with van der Waals surface area (Å²) in [5.41, 5.74) is 1.13. The van der Waals surface area contributed by atoms with Crippen LogP contribution in [-0.2, 0) is 9.53 Å². The fourth-order valence-corrected chi connectivity index (χ4v) is 2.29. The predicted octanol–water partition coefficient (Wildman–Crippen LogP) is 1.02. The van der Waals surface area contributed by atoms with Gasteiger partial charge in [0.2, 0.25) is 0 Å². The van der Waals surface area contributed by atoms with Crippen molar-refractivity contribution in [2.45, 2.75) is 19.4 Å². The number of amides is 1. The van der Waals surface area contributed by atoms with Crippen LogP contribution in [-0.4, -0.2) is 52.8 Å².